The van der Waals surface area contributed by atoms with Crippen LogP contribution in [0, 0.1) is 0 Å². The first-order valence-corrected chi connectivity index (χ1v) is 6.12. The molecule has 0 spiro atoms. The molecule has 0 radical (unpaired) electrons. The molecule has 0 unspecified atom stereocenters. The van der Waals surface area contributed by atoms with Gasteiger partial charge in [-0.3, -0.25) is 0 Å². The van der Waals surface area contributed by atoms with Crippen LogP contribution in [0.3, 0.4) is 0 Å². The SMILES string of the molecule is CCCC(CCC)c1ncc(CC)cn1. The fraction of sp³-hybridized carbons (Fsp3) is 0.692. The lowest BCUT2D eigenvalue weighted by Gasteiger charge is -2.13. The van der Waals surface area contributed by atoms with E-state index in [1.165, 1.54) is 31.2 Å². The topological polar surface area (TPSA) is 25.8 Å². The predicted octanol–water partition coefficient (Wildman–Crippen LogP) is 3.72. The van der Waals surface area contributed by atoms with E-state index in [-0.39, 0.29) is 0 Å². The van der Waals surface area contributed by atoms with Crippen LogP contribution < -0.4 is 0 Å². The molecule has 0 fully saturated rings. The van der Waals surface area contributed by atoms with E-state index in [0.717, 1.165) is 12.2 Å². The van der Waals surface area contributed by atoms with Crippen molar-refractivity contribution in [2.75, 3.05) is 0 Å². The van der Waals surface area contributed by atoms with E-state index >= 15 is 0 Å². The van der Waals surface area contributed by atoms with Crippen LogP contribution in [0.2, 0.25) is 0 Å². The van der Waals surface area contributed by atoms with E-state index in [4.69, 9.17) is 0 Å². The minimum absolute atomic E-state index is 0.561. The van der Waals surface area contributed by atoms with Crippen LogP contribution in [0.4, 0.5) is 0 Å². The Morgan fingerprint density at radius 3 is 1.93 bits per heavy atom. The lowest BCUT2D eigenvalue weighted by molar-refractivity contribution is 0.533. The van der Waals surface area contributed by atoms with Gasteiger partial charge >= 0.3 is 0 Å². The Morgan fingerprint density at radius 1 is 1.00 bits per heavy atom. The van der Waals surface area contributed by atoms with Crippen LogP contribution in [-0.2, 0) is 6.42 Å². The molecule has 0 aromatic carbocycles. The Bertz CT molecular complexity index is 260. The fourth-order valence-electron chi connectivity index (χ4n) is 1.86. The van der Waals surface area contributed by atoms with Crippen molar-refractivity contribution in [1.82, 2.24) is 9.97 Å². The van der Waals surface area contributed by atoms with Crippen molar-refractivity contribution < 1.29 is 0 Å². The largest absolute Gasteiger partial charge is 0.241 e. The summed E-state index contributed by atoms with van der Waals surface area (Å²) in [6.45, 7) is 6.58. The molecule has 0 amide bonds. The highest BCUT2D eigenvalue weighted by molar-refractivity contribution is 5.07. The highest BCUT2D eigenvalue weighted by Crippen LogP contribution is 2.22. The minimum atomic E-state index is 0.561. The van der Waals surface area contributed by atoms with Crippen LogP contribution in [0.1, 0.15) is 63.8 Å². The van der Waals surface area contributed by atoms with Crippen LogP contribution >= 0.6 is 0 Å². The van der Waals surface area contributed by atoms with Gasteiger partial charge in [0.15, 0.2) is 0 Å². The third kappa shape index (κ3) is 3.61. The molecule has 0 aliphatic carbocycles. The van der Waals surface area contributed by atoms with Crippen LogP contribution in [0.15, 0.2) is 12.4 Å². The number of nitrogens with zero attached hydrogens (tertiary/aromatic N) is 2. The zero-order chi connectivity index (χ0) is 11.1. The van der Waals surface area contributed by atoms with Crippen molar-refractivity contribution in [3.05, 3.63) is 23.8 Å². The van der Waals surface area contributed by atoms with Crippen molar-refractivity contribution in [3.63, 3.8) is 0 Å². The lowest BCUT2D eigenvalue weighted by atomic mass is 9.97. The van der Waals surface area contributed by atoms with Gasteiger partial charge in [0.2, 0.25) is 0 Å². The van der Waals surface area contributed by atoms with Crippen molar-refractivity contribution in [2.24, 2.45) is 0 Å². The second-order valence-electron chi connectivity index (χ2n) is 4.08. The zero-order valence-electron chi connectivity index (χ0n) is 10.2. The molecule has 84 valence electrons. The molecule has 15 heavy (non-hydrogen) atoms. The maximum Gasteiger partial charge on any atom is 0.131 e. The van der Waals surface area contributed by atoms with Crippen molar-refractivity contribution in [3.8, 4) is 0 Å². The monoisotopic (exact) mass is 206 g/mol. The van der Waals surface area contributed by atoms with Gasteiger partial charge in [0, 0.05) is 18.3 Å². The molecular weight excluding hydrogens is 184 g/mol. The highest BCUT2D eigenvalue weighted by Gasteiger charge is 2.12. The van der Waals surface area contributed by atoms with Gasteiger partial charge in [-0.25, -0.2) is 9.97 Å². The van der Waals surface area contributed by atoms with Gasteiger partial charge in [-0.1, -0.05) is 33.6 Å². The molecular formula is C13H22N2. The summed E-state index contributed by atoms with van der Waals surface area (Å²) in [6.07, 6.45) is 9.81. The first-order valence-electron chi connectivity index (χ1n) is 6.12. The summed E-state index contributed by atoms with van der Waals surface area (Å²) >= 11 is 0. The second kappa shape index (κ2) is 6.54. The quantitative estimate of drug-likeness (QED) is 0.709. The van der Waals surface area contributed by atoms with Gasteiger partial charge in [-0.15, -0.1) is 0 Å². The normalized spacial score (nSPS) is 10.9. The predicted molar refractivity (Wildman–Crippen MR) is 64.0 cm³/mol. The Kier molecular flexibility index (Phi) is 5.30. The lowest BCUT2D eigenvalue weighted by Crippen LogP contribution is -2.04. The van der Waals surface area contributed by atoms with Gasteiger partial charge in [-0.05, 0) is 24.8 Å². The number of aryl methyl sites for hydroxylation is 1. The molecule has 0 saturated carbocycles. The number of hydrogen-bond acceptors (Lipinski definition) is 2. The van der Waals surface area contributed by atoms with Crippen molar-refractivity contribution in [2.45, 2.75) is 58.8 Å². The molecule has 2 nitrogen and oxygen atoms in total. The molecule has 0 bridgehead atoms. The number of rotatable bonds is 6. The van der Waals surface area contributed by atoms with Gasteiger partial charge in [-0.2, -0.15) is 0 Å². The molecule has 2 heteroatoms. The molecule has 0 aliphatic rings. The smallest absolute Gasteiger partial charge is 0.131 e. The Morgan fingerprint density at radius 2 is 1.53 bits per heavy atom. The van der Waals surface area contributed by atoms with E-state index in [2.05, 4.69) is 30.7 Å². The average Bonchev–Trinajstić information content (AvgIpc) is 2.29. The zero-order valence-corrected chi connectivity index (χ0v) is 10.2. The van der Waals surface area contributed by atoms with E-state index < -0.39 is 0 Å². The molecule has 0 atom stereocenters. The Balaban J connectivity index is 2.72. The molecule has 0 aliphatic heterocycles. The maximum absolute atomic E-state index is 4.48. The van der Waals surface area contributed by atoms with Gasteiger partial charge < -0.3 is 0 Å². The van der Waals surface area contributed by atoms with Crippen molar-refractivity contribution in [1.29, 1.82) is 0 Å². The molecule has 1 aromatic rings. The van der Waals surface area contributed by atoms with Crippen molar-refractivity contribution >= 4 is 0 Å². The van der Waals surface area contributed by atoms with Gasteiger partial charge in [0.05, 0.1) is 0 Å². The summed E-state index contributed by atoms with van der Waals surface area (Å²) < 4.78 is 0. The van der Waals surface area contributed by atoms with Gasteiger partial charge in [0.1, 0.15) is 5.82 Å². The van der Waals surface area contributed by atoms with E-state index in [9.17, 15) is 0 Å². The summed E-state index contributed by atoms with van der Waals surface area (Å²) in [5, 5.41) is 0. The molecule has 1 aromatic heterocycles. The highest BCUT2D eigenvalue weighted by atomic mass is 14.9. The maximum atomic E-state index is 4.48. The molecule has 0 N–H and O–H groups in total. The number of hydrogen-bond donors (Lipinski definition) is 0. The fourth-order valence-corrected chi connectivity index (χ4v) is 1.86. The van der Waals surface area contributed by atoms with E-state index in [1.807, 2.05) is 12.4 Å². The van der Waals surface area contributed by atoms with Crippen LogP contribution in [-0.4, -0.2) is 9.97 Å². The third-order valence-corrected chi connectivity index (χ3v) is 2.77. The number of aromatic nitrogens is 2. The molecule has 1 rings (SSSR count). The minimum Gasteiger partial charge on any atom is -0.241 e. The first kappa shape index (κ1) is 12.2. The summed E-state index contributed by atoms with van der Waals surface area (Å²) in [7, 11) is 0. The Hall–Kier alpha value is -0.920. The first-order chi connectivity index (χ1) is 7.31. The van der Waals surface area contributed by atoms with Crippen LogP contribution in [0.25, 0.3) is 0 Å². The second-order valence-corrected chi connectivity index (χ2v) is 4.08. The summed E-state index contributed by atoms with van der Waals surface area (Å²) in [4.78, 5) is 8.95. The molecule has 1 heterocycles. The molecule has 0 saturated heterocycles. The van der Waals surface area contributed by atoms with Crippen LogP contribution in [0.5, 0.6) is 0 Å². The van der Waals surface area contributed by atoms with E-state index in [0.29, 0.717) is 5.92 Å². The third-order valence-electron chi connectivity index (χ3n) is 2.77. The standard InChI is InChI=1S/C13H22N2/c1-4-7-12(8-5-2)13-14-9-11(6-3)10-15-13/h9-10,12H,4-8H2,1-3H3. The Labute approximate surface area is 93.2 Å². The average molecular weight is 206 g/mol. The summed E-state index contributed by atoms with van der Waals surface area (Å²) in [5.74, 6) is 1.60. The van der Waals surface area contributed by atoms with Gasteiger partial charge in [0.25, 0.3) is 0 Å². The van der Waals surface area contributed by atoms with E-state index in [1.54, 1.807) is 0 Å². The summed E-state index contributed by atoms with van der Waals surface area (Å²) in [5.41, 5.74) is 1.23. The summed E-state index contributed by atoms with van der Waals surface area (Å²) in [6, 6.07) is 0.